The summed E-state index contributed by atoms with van der Waals surface area (Å²) in [6.07, 6.45) is 4.83. The molecule has 1 aromatic carbocycles. The Bertz CT molecular complexity index is 1020. The smallest absolute Gasteiger partial charge is 0.226 e. The maximum absolute atomic E-state index is 12.7. The zero-order chi connectivity index (χ0) is 20.4. The lowest BCUT2D eigenvalue weighted by Gasteiger charge is -2.31. The third-order valence-corrected chi connectivity index (χ3v) is 7.62. The van der Waals surface area contributed by atoms with E-state index >= 15 is 0 Å². The van der Waals surface area contributed by atoms with Gasteiger partial charge < -0.3 is 14.8 Å². The van der Waals surface area contributed by atoms with Gasteiger partial charge in [-0.25, -0.2) is 4.98 Å². The number of nitrogens with one attached hydrogen (secondary N) is 1. The molecular weight excluding hydrogens is 416 g/mol. The molecule has 0 spiro atoms. The monoisotopic (exact) mass is 440 g/mol. The van der Waals surface area contributed by atoms with E-state index in [1.54, 1.807) is 22.7 Å². The van der Waals surface area contributed by atoms with E-state index in [4.69, 9.17) is 9.47 Å². The van der Waals surface area contributed by atoms with E-state index in [9.17, 15) is 4.79 Å². The number of hydrogen-bond acceptors (Lipinski definition) is 6. The second kappa shape index (κ2) is 8.40. The van der Waals surface area contributed by atoms with Crippen LogP contribution in [-0.4, -0.2) is 30.6 Å². The quantitative estimate of drug-likeness (QED) is 0.597. The van der Waals surface area contributed by atoms with Crippen molar-refractivity contribution >= 4 is 28.6 Å². The fraction of sp³-hybridized carbons (Fsp3) is 0.391. The van der Waals surface area contributed by atoms with Gasteiger partial charge in [0.1, 0.15) is 18.2 Å². The molecule has 156 valence electrons. The molecule has 3 heterocycles. The van der Waals surface area contributed by atoms with Crippen LogP contribution in [0.3, 0.4) is 0 Å². The topological polar surface area (TPSA) is 60.5 Å². The van der Waals surface area contributed by atoms with Gasteiger partial charge in [0, 0.05) is 28.3 Å². The molecule has 5 rings (SSSR count). The van der Waals surface area contributed by atoms with Crippen molar-refractivity contribution in [2.45, 2.75) is 37.5 Å². The standard InChI is InChI=1S/C23H24N2O3S2/c26-21(12-18-14-30-22(25-18)16-5-10-29-13-16)24-15-23(6-1-2-7-23)17-3-4-19-20(11-17)28-9-8-27-19/h3-5,10-11,13-14H,1-2,6-9,12,15H2,(H,24,26). The summed E-state index contributed by atoms with van der Waals surface area (Å²) in [4.78, 5) is 17.3. The number of ether oxygens (including phenoxy) is 2. The highest BCUT2D eigenvalue weighted by atomic mass is 32.1. The van der Waals surface area contributed by atoms with Gasteiger partial charge in [-0.2, -0.15) is 11.3 Å². The molecule has 0 saturated heterocycles. The van der Waals surface area contributed by atoms with Crippen molar-refractivity contribution in [1.82, 2.24) is 10.3 Å². The number of rotatable bonds is 6. The first-order valence-electron chi connectivity index (χ1n) is 10.4. The van der Waals surface area contributed by atoms with Gasteiger partial charge in [-0.1, -0.05) is 18.9 Å². The van der Waals surface area contributed by atoms with Crippen molar-refractivity contribution in [2.75, 3.05) is 19.8 Å². The Kier molecular flexibility index (Phi) is 5.48. The van der Waals surface area contributed by atoms with Crippen molar-refractivity contribution in [1.29, 1.82) is 0 Å². The summed E-state index contributed by atoms with van der Waals surface area (Å²) in [5.41, 5.74) is 3.16. The predicted octanol–water partition coefficient (Wildman–Crippen LogP) is 4.81. The highest BCUT2D eigenvalue weighted by Crippen LogP contribution is 2.43. The molecule has 2 aliphatic rings. The molecule has 0 unspecified atom stereocenters. The lowest BCUT2D eigenvalue weighted by atomic mass is 9.78. The average Bonchev–Trinajstić information content (AvgIpc) is 3.54. The maximum atomic E-state index is 12.7. The number of benzene rings is 1. The summed E-state index contributed by atoms with van der Waals surface area (Å²) in [5.74, 6) is 1.66. The van der Waals surface area contributed by atoms with E-state index in [0.717, 1.165) is 40.6 Å². The molecule has 1 amide bonds. The molecule has 3 aromatic rings. The van der Waals surface area contributed by atoms with Gasteiger partial charge in [-0.3, -0.25) is 4.79 Å². The minimum Gasteiger partial charge on any atom is -0.486 e. The number of thiophene rings is 1. The first kappa shape index (κ1) is 19.6. The average molecular weight is 441 g/mol. The highest BCUT2D eigenvalue weighted by Gasteiger charge is 2.36. The molecule has 2 aromatic heterocycles. The fourth-order valence-electron chi connectivity index (χ4n) is 4.39. The van der Waals surface area contributed by atoms with Crippen LogP contribution in [0.5, 0.6) is 11.5 Å². The normalized spacial score (nSPS) is 17.1. The third-order valence-electron chi connectivity index (χ3n) is 6.00. The van der Waals surface area contributed by atoms with Crippen LogP contribution in [0.4, 0.5) is 0 Å². The minimum atomic E-state index is -0.0323. The maximum Gasteiger partial charge on any atom is 0.226 e. The van der Waals surface area contributed by atoms with Gasteiger partial charge in [0.15, 0.2) is 11.5 Å². The number of hydrogen-bond donors (Lipinski definition) is 1. The summed E-state index contributed by atoms with van der Waals surface area (Å²) in [6.45, 7) is 1.83. The molecule has 0 bridgehead atoms. The van der Waals surface area contributed by atoms with E-state index in [2.05, 4.69) is 33.9 Å². The Balaban J connectivity index is 1.26. The molecule has 1 aliphatic heterocycles. The zero-order valence-electron chi connectivity index (χ0n) is 16.7. The van der Waals surface area contributed by atoms with Crippen LogP contribution >= 0.6 is 22.7 Å². The van der Waals surface area contributed by atoms with E-state index in [-0.39, 0.29) is 11.3 Å². The highest BCUT2D eigenvalue weighted by molar-refractivity contribution is 7.14. The predicted molar refractivity (Wildman–Crippen MR) is 120 cm³/mol. The molecule has 1 fully saturated rings. The number of thiazole rings is 1. The van der Waals surface area contributed by atoms with Gasteiger partial charge in [0.05, 0.1) is 12.1 Å². The fourth-order valence-corrected chi connectivity index (χ4v) is 5.93. The van der Waals surface area contributed by atoms with Gasteiger partial charge >= 0.3 is 0 Å². The Hall–Kier alpha value is -2.38. The second-order valence-electron chi connectivity index (χ2n) is 7.96. The molecule has 30 heavy (non-hydrogen) atoms. The van der Waals surface area contributed by atoms with Crippen molar-refractivity contribution < 1.29 is 14.3 Å². The van der Waals surface area contributed by atoms with Crippen molar-refractivity contribution in [2.24, 2.45) is 0 Å². The summed E-state index contributed by atoms with van der Waals surface area (Å²) in [5, 5.41) is 10.3. The molecule has 1 aliphatic carbocycles. The Morgan fingerprint density at radius 1 is 1.10 bits per heavy atom. The van der Waals surface area contributed by atoms with Crippen LogP contribution in [0, 0.1) is 0 Å². The molecule has 5 nitrogen and oxygen atoms in total. The second-order valence-corrected chi connectivity index (χ2v) is 9.59. The van der Waals surface area contributed by atoms with Crippen LogP contribution < -0.4 is 14.8 Å². The molecular formula is C23H24N2O3S2. The first-order valence-corrected chi connectivity index (χ1v) is 12.2. The van der Waals surface area contributed by atoms with Gasteiger partial charge in [-0.15, -0.1) is 11.3 Å². The van der Waals surface area contributed by atoms with E-state index in [1.165, 1.54) is 18.4 Å². The summed E-state index contributed by atoms with van der Waals surface area (Å²) < 4.78 is 11.5. The van der Waals surface area contributed by atoms with Crippen molar-refractivity contribution in [3.8, 4) is 22.1 Å². The minimum absolute atomic E-state index is 0.0287. The van der Waals surface area contributed by atoms with E-state index in [0.29, 0.717) is 26.2 Å². The van der Waals surface area contributed by atoms with Crippen LogP contribution in [0.2, 0.25) is 0 Å². The molecule has 7 heteroatoms. The first-order chi connectivity index (χ1) is 14.7. The van der Waals surface area contributed by atoms with Crippen LogP contribution in [0.25, 0.3) is 10.6 Å². The number of carbonyl (C=O) groups excluding carboxylic acids is 1. The molecule has 1 saturated carbocycles. The largest absolute Gasteiger partial charge is 0.486 e. The van der Waals surface area contributed by atoms with Crippen LogP contribution in [0.1, 0.15) is 36.9 Å². The van der Waals surface area contributed by atoms with Gasteiger partial charge in [0.2, 0.25) is 5.91 Å². The number of aromatic nitrogens is 1. The number of nitrogens with zero attached hydrogens (tertiary/aromatic N) is 1. The molecule has 1 N–H and O–H groups in total. The Morgan fingerprint density at radius 3 is 2.73 bits per heavy atom. The summed E-state index contributed by atoms with van der Waals surface area (Å²) in [7, 11) is 0. The Labute approximate surface area is 184 Å². The van der Waals surface area contributed by atoms with Crippen LogP contribution in [-0.2, 0) is 16.6 Å². The van der Waals surface area contributed by atoms with Gasteiger partial charge in [0.25, 0.3) is 0 Å². The SMILES string of the molecule is O=C(Cc1csc(-c2ccsc2)n1)NCC1(c2ccc3c(c2)OCCO3)CCCC1. The van der Waals surface area contributed by atoms with Crippen LogP contribution in [0.15, 0.2) is 40.4 Å². The zero-order valence-corrected chi connectivity index (χ0v) is 18.3. The van der Waals surface area contributed by atoms with E-state index < -0.39 is 0 Å². The van der Waals surface area contributed by atoms with E-state index in [1.807, 2.05) is 16.8 Å². The third kappa shape index (κ3) is 3.96. The van der Waals surface area contributed by atoms with Gasteiger partial charge in [-0.05, 0) is 42.0 Å². The lowest BCUT2D eigenvalue weighted by Crippen LogP contribution is -2.39. The van der Waals surface area contributed by atoms with Crippen molar-refractivity contribution in [3.05, 3.63) is 51.7 Å². The lowest BCUT2D eigenvalue weighted by molar-refractivity contribution is -0.120. The summed E-state index contributed by atoms with van der Waals surface area (Å²) in [6, 6.07) is 8.32. The molecule has 0 atom stereocenters. The number of carbonyl (C=O) groups is 1. The number of fused-ring (bicyclic) bond motifs is 1. The Morgan fingerprint density at radius 2 is 1.93 bits per heavy atom. The number of amides is 1. The summed E-state index contributed by atoms with van der Waals surface area (Å²) >= 11 is 3.25. The van der Waals surface area contributed by atoms with Crippen molar-refractivity contribution in [3.63, 3.8) is 0 Å². The molecule has 0 radical (unpaired) electrons.